The first-order valence-electron chi connectivity index (χ1n) is 13.5. The molecule has 10 heteroatoms. The lowest BCUT2D eigenvalue weighted by molar-refractivity contribution is -0.716. The molecule has 1 aromatic carbocycles. The van der Waals surface area contributed by atoms with E-state index in [1.807, 2.05) is 48.0 Å². The number of benzene rings is 1. The Hall–Kier alpha value is -2.20. The third kappa shape index (κ3) is 4.51. The van der Waals surface area contributed by atoms with Crippen LogP contribution in [0.2, 0.25) is 0 Å². The number of sulfonamides is 1. The zero-order valence-corrected chi connectivity index (χ0v) is 22.6. The SMILES string of the molecule is CC1C(C(=O)N2CCCC2)C2CC(C3CCN(S(=O)(=O)c4ccc(N(C)C)cc4)CC3)CCN2[N+]1=O. The minimum Gasteiger partial charge on any atom is -0.378 e. The number of nitroso groups, excluding NO2 is 1. The molecule has 4 heterocycles. The smallest absolute Gasteiger partial charge is 0.245 e. The predicted octanol–water partition coefficient (Wildman–Crippen LogP) is 2.57. The standard InChI is InChI=1S/C26H40N5O4S/c1-19-25(26(32)28-13-4-5-14-28)24-18-21(12-17-30(24)31(19)33)20-10-15-29(16-11-20)36(34,35)23-8-6-22(7-9-23)27(2)3/h6-9,19-21,24-25H,4-5,10-18H2,1-3H3/q+1. The molecule has 0 bridgehead atoms. The van der Waals surface area contributed by atoms with Gasteiger partial charge in [0.1, 0.15) is 16.8 Å². The van der Waals surface area contributed by atoms with Crippen LogP contribution in [0.15, 0.2) is 29.2 Å². The van der Waals surface area contributed by atoms with Crippen molar-refractivity contribution in [3.05, 3.63) is 29.2 Å². The highest BCUT2D eigenvalue weighted by Crippen LogP contribution is 2.42. The summed E-state index contributed by atoms with van der Waals surface area (Å²) in [5.41, 5.74) is 0.971. The average Bonchev–Trinajstić information content (AvgIpc) is 3.51. The monoisotopic (exact) mass is 518 g/mol. The summed E-state index contributed by atoms with van der Waals surface area (Å²) in [6.07, 6.45) is 5.52. The van der Waals surface area contributed by atoms with Crippen molar-refractivity contribution in [3.63, 3.8) is 0 Å². The highest BCUT2D eigenvalue weighted by atomic mass is 32.2. The van der Waals surface area contributed by atoms with Crippen molar-refractivity contribution in [2.75, 3.05) is 51.7 Å². The number of anilines is 1. The second-order valence-corrected chi connectivity index (χ2v) is 13.2. The maximum absolute atomic E-state index is 13.3. The Labute approximate surface area is 215 Å². The first kappa shape index (κ1) is 25.4. The number of carbonyl (C=O) groups is 1. The van der Waals surface area contributed by atoms with Crippen LogP contribution in [-0.4, -0.2) is 92.3 Å². The second kappa shape index (κ2) is 9.93. The molecule has 4 aliphatic heterocycles. The van der Waals surface area contributed by atoms with Crippen LogP contribution < -0.4 is 4.90 Å². The number of hydrogen-bond acceptors (Lipinski definition) is 5. The fraction of sp³-hybridized carbons (Fsp3) is 0.731. The van der Waals surface area contributed by atoms with E-state index in [1.165, 1.54) is 0 Å². The first-order chi connectivity index (χ1) is 17.2. The van der Waals surface area contributed by atoms with Gasteiger partial charge in [0.05, 0.1) is 16.3 Å². The van der Waals surface area contributed by atoms with Gasteiger partial charge in [0.15, 0.2) is 0 Å². The molecule has 4 saturated heterocycles. The lowest BCUT2D eigenvalue weighted by atomic mass is 9.74. The van der Waals surface area contributed by atoms with Gasteiger partial charge in [-0.1, -0.05) is 0 Å². The van der Waals surface area contributed by atoms with E-state index in [9.17, 15) is 18.1 Å². The summed E-state index contributed by atoms with van der Waals surface area (Å²) >= 11 is 0. The molecule has 5 rings (SSSR count). The van der Waals surface area contributed by atoms with Gasteiger partial charge in [-0.05, 0) is 74.6 Å². The van der Waals surface area contributed by atoms with E-state index in [-0.39, 0.29) is 23.9 Å². The van der Waals surface area contributed by atoms with Crippen LogP contribution in [0.25, 0.3) is 0 Å². The van der Waals surface area contributed by atoms with Crippen molar-refractivity contribution in [2.45, 2.75) is 62.4 Å². The van der Waals surface area contributed by atoms with Gasteiger partial charge in [0, 0.05) is 52.9 Å². The summed E-state index contributed by atoms with van der Waals surface area (Å²) in [5.74, 6) is 0.723. The number of hydrogen-bond donors (Lipinski definition) is 0. The van der Waals surface area contributed by atoms with E-state index in [1.54, 1.807) is 16.4 Å². The van der Waals surface area contributed by atoms with Crippen LogP contribution in [-0.2, 0) is 14.8 Å². The van der Waals surface area contributed by atoms with Gasteiger partial charge in [-0.15, -0.1) is 5.01 Å². The first-order valence-corrected chi connectivity index (χ1v) is 14.9. The molecule has 0 aliphatic carbocycles. The number of rotatable bonds is 5. The van der Waals surface area contributed by atoms with Crippen molar-refractivity contribution in [1.29, 1.82) is 0 Å². The molecule has 1 amide bonds. The number of likely N-dealkylation sites (tertiary alicyclic amines) is 1. The number of piperidine rings is 2. The number of fused-ring (bicyclic) bond motifs is 1. The Morgan fingerprint density at radius 1 is 0.944 bits per heavy atom. The molecule has 0 spiro atoms. The van der Waals surface area contributed by atoms with E-state index in [4.69, 9.17) is 0 Å². The topological polar surface area (TPSA) is 84.2 Å². The molecule has 36 heavy (non-hydrogen) atoms. The summed E-state index contributed by atoms with van der Waals surface area (Å²) in [6.45, 7) is 5.24. The summed E-state index contributed by atoms with van der Waals surface area (Å²) in [5, 5.41) is 1.90. The van der Waals surface area contributed by atoms with Gasteiger partial charge in [-0.2, -0.15) is 4.31 Å². The largest absolute Gasteiger partial charge is 0.378 e. The predicted molar refractivity (Wildman–Crippen MR) is 138 cm³/mol. The zero-order chi connectivity index (χ0) is 25.6. The van der Waals surface area contributed by atoms with E-state index < -0.39 is 10.0 Å². The Balaban J connectivity index is 1.23. The van der Waals surface area contributed by atoms with Gasteiger partial charge < -0.3 is 9.80 Å². The molecule has 4 aliphatic rings. The summed E-state index contributed by atoms with van der Waals surface area (Å²) < 4.78 is 28.1. The van der Waals surface area contributed by atoms with Crippen LogP contribution in [0.3, 0.4) is 0 Å². The Morgan fingerprint density at radius 2 is 1.56 bits per heavy atom. The highest BCUT2D eigenvalue weighted by Gasteiger charge is 2.59. The number of amides is 1. The van der Waals surface area contributed by atoms with Crippen LogP contribution in [0.4, 0.5) is 5.69 Å². The normalized spacial score (nSPS) is 30.0. The molecule has 0 N–H and O–H groups in total. The summed E-state index contributed by atoms with van der Waals surface area (Å²) in [4.78, 5) is 31.6. The van der Waals surface area contributed by atoms with Crippen molar-refractivity contribution in [1.82, 2.24) is 14.2 Å². The minimum atomic E-state index is -3.51. The molecule has 1 aromatic rings. The fourth-order valence-corrected chi connectivity index (χ4v) is 8.35. The zero-order valence-electron chi connectivity index (χ0n) is 21.8. The molecular weight excluding hydrogens is 478 g/mol. The molecule has 4 atom stereocenters. The summed E-state index contributed by atoms with van der Waals surface area (Å²) in [7, 11) is 0.361. The Bertz CT molecular complexity index is 1080. The number of hydrazine groups is 1. The van der Waals surface area contributed by atoms with E-state index in [0.29, 0.717) is 36.4 Å². The Morgan fingerprint density at radius 3 is 2.17 bits per heavy atom. The number of nitrogens with zero attached hydrogens (tertiary/aromatic N) is 5. The van der Waals surface area contributed by atoms with Crippen molar-refractivity contribution >= 4 is 21.6 Å². The molecule has 0 radical (unpaired) electrons. The van der Waals surface area contributed by atoms with E-state index >= 15 is 0 Å². The molecular formula is C26H40N5O4S+. The van der Waals surface area contributed by atoms with E-state index in [0.717, 1.165) is 62.2 Å². The van der Waals surface area contributed by atoms with Crippen LogP contribution in [0.5, 0.6) is 0 Å². The molecule has 4 fully saturated rings. The van der Waals surface area contributed by atoms with Crippen molar-refractivity contribution in [3.8, 4) is 0 Å². The lowest BCUT2D eigenvalue weighted by Gasteiger charge is -2.40. The highest BCUT2D eigenvalue weighted by molar-refractivity contribution is 7.89. The Kier molecular flexibility index (Phi) is 7.02. The van der Waals surface area contributed by atoms with Gasteiger partial charge in [0.25, 0.3) is 0 Å². The lowest BCUT2D eigenvalue weighted by Crippen LogP contribution is -2.49. The van der Waals surface area contributed by atoms with Gasteiger partial charge >= 0.3 is 0 Å². The average molecular weight is 519 g/mol. The van der Waals surface area contributed by atoms with Gasteiger partial charge in [-0.25, -0.2) is 8.42 Å². The van der Waals surface area contributed by atoms with Crippen LogP contribution in [0.1, 0.15) is 45.4 Å². The van der Waals surface area contributed by atoms with Crippen molar-refractivity contribution in [2.24, 2.45) is 17.8 Å². The van der Waals surface area contributed by atoms with Crippen LogP contribution in [0, 0.1) is 22.7 Å². The molecule has 4 unspecified atom stereocenters. The molecule has 9 nitrogen and oxygen atoms in total. The van der Waals surface area contributed by atoms with Crippen molar-refractivity contribution < 1.29 is 18.1 Å². The fourth-order valence-electron chi connectivity index (χ4n) is 6.88. The van der Waals surface area contributed by atoms with Gasteiger partial charge in [0.2, 0.25) is 22.0 Å². The van der Waals surface area contributed by atoms with E-state index in [2.05, 4.69) is 0 Å². The second-order valence-electron chi connectivity index (χ2n) is 11.2. The quantitative estimate of drug-likeness (QED) is 0.557. The third-order valence-electron chi connectivity index (χ3n) is 9.05. The molecule has 0 aromatic heterocycles. The number of carbonyl (C=O) groups excluding carboxylic acids is 1. The third-order valence-corrected chi connectivity index (χ3v) is 11.0. The maximum Gasteiger partial charge on any atom is 0.245 e. The summed E-state index contributed by atoms with van der Waals surface area (Å²) in [6, 6.07) is 6.71. The van der Waals surface area contributed by atoms with Crippen LogP contribution >= 0.6 is 0 Å². The maximum atomic E-state index is 13.3. The minimum absolute atomic E-state index is 0.0404. The van der Waals surface area contributed by atoms with Gasteiger partial charge in [-0.3, -0.25) is 4.79 Å². The molecule has 198 valence electrons. The molecule has 0 saturated carbocycles.